The Hall–Kier alpha value is -1.58. The summed E-state index contributed by atoms with van der Waals surface area (Å²) in [6, 6.07) is 7.86. The zero-order chi connectivity index (χ0) is 15.2. The molecule has 112 valence electrons. The van der Waals surface area contributed by atoms with Crippen LogP contribution in [0.25, 0.3) is 0 Å². The van der Waals surface area contributed by atoms with Crippen LogP contribution in [0.4, 0.5) is 0 Å². The van der Waals surface area contributed by atoms with E-state index in [0.717, 1.165) is 35.4 Å². The van der Waals surface area contributed by atoms with Gasteiger partial charge in [-0.15, -0.1) is 0 Å². The van der Waals surface area contributed by atoms with E-state index in [1.807, 2.05) is 37.5 Å². The van der Waals surface area contributed by atoms with Crippen LogP contribution in [0.3, 0.4) is 0 Å². The summed E-state index contributed by atoms with van der Waals surface area (Å²) in [7, 11) is 1.68. The smallest absolute Gasteiger partial charge is 0.124 e. The highest BCUT2D eigenvalue weighted by Gasteiger charge is 2.18. The molecule has 0 bridgehead atoms. The lowest BCUT2D eigenvalue weighted by Crippen LogP contribution is -2.24. The lowest BCUT2D eigenvalue weighted by Gasteiger charge is -2.22. The maximum atomic E-state index is 6.17. The van der Waals surface area contributed by atoms with E-state index < -0.39 is 0 Å². The second-order valence-electron chi connectivity index (χ2n) is 5.07. The quantitative estimate of drug-likeness (QED) is 0.871. The molecule has 0 amide bonds. The van der Waals surface area contributed by atoms with Gasteiger partial charge in [0.25, 0.3) is 0 Å². The van der Waals surface area contributed by atoms with Crippen molar-refractivity contribution >= 4 is 11.6 Å². The number of benzene rings is 1. The van der Waals surface area contributed by atoms with Crippen LogP contribution >= 0.6 is 11.6 Å². The minimum Gasteiger partial charge on any atom is -0.496 e. The highest BCUT2D eigenvalue weighted by Crippen LogP contribution is 2.32. The Bertz CT molecular complexity index is 601. The Morgan fingerprint density at radius 2 is 2.10 bits per heavy atom. The summed E-state index contributed by atoms with van der Waals surface area (Å²) in [5.74, 6) is 0.828. The van der Waals surface area contributed by atoms with Crippen LogP contribution in [0.5, 0.6) is 5.75 Å². The van der Waals surface area contributed by atoms with Gasteiger partial charge in [-0.25, -0.2) is 0 Å². The summed E-state index contributed by atoms with van der Waals surface area (Å²) >= 11 is 6.17. The van der Waals surface area contributed by atoms with Gasteiger partial charge in [0.15, 0.2) is 0 Å². The summed E-state index contributed by atoms with van der Waals surface area (Å²) < 4.78 is 5.49. The second-order valence-corrected chi connectivity index (χ2v) is 5.51. The molecule has 1 unspecified atom stereocenters. The van der Waals surface area contributed by atoms with E-state index in [0.29, 0.717) is 5.02 Å². The van der Waals surface area contributed by atoms with Crippen LogP contribution in [0.2, 0.25) is 5.02 Å². The lowest BCUT2D eigenvalue weighted by atomic mass is 9.98. The Labute approximate surface area is 131 Å². The monoisotopic (exact) mass is 304 g/mol. The van der Waals surface area contributed by atoms with Crippen LogP contribution in [-0.4, -0.2) is 18.6 Å². The van der Waals surface area contributed by atoms with E-state index in [1.165, 1.54) is 0 Å². The molecular formula is C17H21ClN2O. The molecule has 4 heteroatoms. The van der Waals surface area contributed by atoms with E-state index in [2.05, 4.69) is 23.3 Å². The Morgan fingerprint density at radius 3 is 2.76 bits per heavy atom. The minimum atomic E-state index is 0.0194. The van der Waals surface area contributed by atoms with E-state index in [1.54, 1.807) is 7.11 Å². The number of halogens is 1. The van der Waals surface area contributed by atoms with Crippen molar-refractivity contribution in [2.24, 2.45) is 0 Å². The first-order valence-electron chi connectivity index (χ1n) is 7.14. The number of aryl methyl sites for hydroxylation is 1. The van der Waals surface area contributed by atoms with Crippen molar-refractivity contribution in [3.63, 3.8) is 0 Å². The van der Waals surface area contributed by atoms with Gasteiger partial charge in [-0.2, -0.15) is 0 Å². The van der Waals surface area contributed by atoms with Gasteiger partial charge in [-0.1, -0.05) is 24.6 Å². The zero-order valence-corrected chi connectivity index (χ0v) is 13.4. The largest absolute Gasteiger partial charge is 0.496 e. The number of nitrogens with zero attached hydrogens (tertiary/aromatic N) is 1. The molecule has 0 aliphatic carbocycles. The first-order chi connectivity index (χ1) is 10.2. The summed E-state index contributed by atoms with van der Waals surface area (Å²) in [6.45, 7) is 5.10. The van der Waals surface area contributed by atoms with Gasteiger partial charge >= 0.3 is 0 Å². The van der Waals surface area contributed by atoms with Crippen molar-refractivity contribution in [3.05, 3.63) is 58.4 Å². The molecule has 1 aromatic carbocycles. The molecular weight excluding hydrogens is 284 g/mol. The number of hydrogen-bond donors (Lipinski definition) is 1. The number of aromatic nitrogens is 1. The molecule has 0 aliphatic heterocycles. The summed E-state index contributed by atoms with van der Waals surface area (Å²) in [5.41, 5.74) is 3.28. The number of pyridine rings is 1. The maximum absolute atomic E-state index is 6.17. The van der Waals surface area contributed by atoms with Gasteiger partial charge in [-0.3, -0.25) is 4.98 Å². The fraction of sp³-hybridized carbons (Fsp3) is 0.353. The normalized spacial score (nSPS) is 12.2. The maximum Gasteiger partial charge on any atom is 0.124 e. The number of rotatable bonds is 6. The fourth-order valence-corrected chi connectivity index (χ4v) is 2.54. The third kappa shape index (κ3) is 3.96. The highest BCUT2D eigenvalue weighted by molar-refractivity contribution is 6.30. The minimum absolute atomic E-state index is 0.0194. The molecule has 0 spiro atoms. The van der Waals surface area contributed by atoms with E-state index in [9.17, 15) is 0 Å². The molecule has 1 atom stereocenters. The molecule has 21 heavy (non-hydrogen) atoms. The van der Waals surface area contributed by atoms with Crippen molar-refractivity contribution < 1.29 is 4.74 Å². The molecule has 2 aromatic rings. The Balaban J connectivity index is 2.47. The molecule has 0 aliphatic rings. The number of ether oxygens (including phenoxy) is 1. The van der Waals surface area contributed by atoms with Gasteiger partial charge in [0.2, 0.25) is 0 Å². The van der Waals surface area contributed by atoms with Gasteiger partial charge < -0.3 is 10.1 Å². The van der Waals surface area contributed by atoms with Crippen LogP contribution in [0.15, 0.2) is 36.7 Å². The third-order valence-corrected chi connectivity index (χ3v) is 3.57. The van der Waals surface area contributed by atoms with Crippen LogP contribution < -0.4 is 10.1 Å². The van der Waals surface area contributed by atoms with Gasteiger partial charge in [-0.05, 0) is 49.2 Å². The summed E-state index contributed by atoms with van der Waals surface area (Å²) in [5, 5.41) is 4.26. The molecule has 0 saturated heterocycles. The molecule has 0 radical (unpaired) electrons. The number of hydrogen-bond acceptors (Lipinski definition) is 3. The van der Waals surface area contributed by atoms with Crippen molar-refractivity contribution in [2.45, 2.75) is 26.3 Å². The van der Waals surface area contributed by atoms with Gasteiger partial charge in [0.05, 0.1) is 13.2 Å². The topological polar surface area (TPSA) is 34.2 Å². The third-order valence-electron chi connectivity index (χ3n) is 3.33. The Kier molecular flexibility index (Phi) is 5.59. The second kappa shape index (κ2) is 7.43. The van der Waals surface area contributed by atoms with E-state index >= 15 is 0 Å². The van der Waals surface area contributed by atoms with E-state index in [4.69, 9.17) is 16.3 Å². The predicted octanol–water partition coefficient (Wildman–Crippen LogP) is 4.14. The zero-order valence-electron chi connectivity index (χ0n) is 12.7. The highest BCUT2D eigenvalue weighted by atomic mass is 35.5. The van der Waals surface area contributed by atoms with Gasteiger partial charge in [0.1, 0.15) is 5.75 Å². The summed E-state index contributed by atoms with van der Waals surface area (Å²) in [4.78, 5) is 4.30. The van der Waals surface area contributed by atoms with Crippen molar-refractivity contribution in [1.82, 2.24) is 10.3 Å². The standard InChI is InChI=1S/C17H21ClN2O/c1-4-7-20-17(13-8-12(2)10-19-11-13)15-9-14(18)5-6-16(15)21-3/h5-6,8-11,17,20H,4,7H2,1-3H3. The molecule has 1 aromatic heterocycles. The fourth-order valence-electron chi connectivity index (χ4n) is 2.36. The molecule has 1 N–H and O–H groups in total. The lowest BCUT2D eigenvalue weighted by molar-refractivity contribution is 0.404. The average Bonchev–Trinajstić information content (AvgIpc) is 2.48. The van der Waals surface area contributed by atoms with Crippen molar-refractivity contribution in [2.75, 3.05) is 13.7 Å². The first kappa shape index (κ1) is 15.8. The SMILES string of the molecule is CCCNC(c1cncc(C)c1)c1cc(Cl)ccc1OC. The molecule has 3 nitrogen and oxygen atoms in total. The van der Waals surface area contributed by atoms with Gasteiger partial charge in [0, 0.05) is 23.0 Å². The Morgan fingerprint density at radius 1 is 1.29 bits per heavy atom. The molecule has 0 saturated carbocycles. The van der Waals surface area contributed by atoms with E-state index in [-0.39, 0.29) is 6.04 Å². The van der Waals surface area contributed by atoms with Crippen LogP contribution in [0, 0.1) is 6.92 Å². The van der Waals surface area contributed by atoms with Crippen molar-refractivity contribution in [3.8, 4) is 5.75 Å². The summed E-state index contributed by atoms with van der Waals surface area (Å²) in [6.07, 6.45) is 4.80. The van der Waals surface area contributed by atoms with Crippen LogP contribution in [-0.2, 0) is 0 Å². The number of methoxy groups -OCH3 is 1. The predicted molar refractivity (Wildman–Crippen MR) is 87.1 cm³/mol. The van der Waals surface area contributed by atoms with Crippen molar-refractivity contribution in [1.29, 1.82) is 0 Å². The molecule has 2 rings (SSSR count). The first-order valence-corrected chi connectivity index (χ1v) is 7.52. The average molecular weight is 305 g/mol. The number of nitrogens with one attached hydrogen (secondary N) is 1. The molecule has 0 fully saturated rings. The molecule has 1 heterocycles. The van der Waals surface area contributed by atoms with Crippen LogP contribution in [0.1, 0.15) is 36.1 Å².